The molecular formula is C19H24Cl2N2O2. The standard InChI is InChI=1S/C19H24Cl2N2O2/c1-24-16-11-17(25-2)19(21)14(18(16)20)9-8-13-10-15(23-22-13)12-6-4-3-5-7-12/h10-12H,3-9H2,1-2H3,(H,22,23). The van der Waals surface area contributed by atoms with Crippen molar-refractivity contribution in [2.75, 3.05) is 14.2 Å². The molecule has 136 valence electrons. The van der Waals surface area contributed by atoms with Crippen molar-refractivity contribution >= 4 is 23.2 Å². The molecule has 1 heterocycles. The number of halogens is 2. The van der Waals surface area contributed by atoms with Gasteiger partial charge in [-0.05, 0) is 37.3 Å². The predicted octanol–water partition coefficient (Wildman–Crippen LogP) is 5.57. The van der Waals surface area contributed by atoms with Crippen LogP contribution in [0.5, 0.6) is 11.5 Å². The molecule has 0 radical (unpaired) electrons. The van der Waals surface area contributed by atoms with Crippen LogP contribution in [0.25, 0.3) is 0 Å². The van der Waals surface area contributed by atoms with E-state index in [9.17, 15) is 0 Å². The number of aromatic nitrogens is 2. The molecule has 0 saturated heterocycles. The van der Waals surface area contributed by atoms with Crippen LogP contribution >= 0.6 is 23.2 Å². The second-order valence-corrected chi connectivity index (χ2v) is 7.30. The number of H-pyrrole nitrogens is 1. The fourth-order valence-electron chi connectivity index (χ4n) is 3.53. The quantitative estimate of drug-likeness (QED) is 0.710. The van der Waals surface area contributed by atoms with Gasteiger partial charge in [-0.1, -0.05) is 42.5 Å². The van der Waals surface area contributed by atoms with Gasteiger partial charge < -0.3 is 9.47 Å². The summed E-state index contributed by atoms with van der Waals surface area (Å²) in [4.78, 5) is 0. The van der Waals surface area contributed by atoms with Gasteiger partial charge in [0.15, 0.2) is 0 Å². The first-order valence-corrected chi connectivity index (χ1v) is 9.52. The van der Waals surface area contributed by atoms with Crippen molar-refractivity contribution in [3.63, 3.8) is 0 Å². The molecule has 1 fully saturated rings. The minimum Gasteiger partial charge on any atom is -0.495 e. The van der Waals surface area contributed by atoms with Gasteiger partial charge in [0.1, 0.15) is 11.5 Å². The molecule has 0 amide bonds. The normalized spacial score (nSPS) is 15.4. The van der Waals surface area contributed by atoms with Crippen LogP contribution in [0.4, 0.5) is 0 Å². The largest absolute Gasteiger partial charge is 0.495 e. The molecule has 3 rings (SSSR count). The van der Waals surface area contributed by atoms with Gasteiger partial charge in [0.2, 0.25) is 0 Å². The zero-order valence-electron chi connectivity index (χ0n) is 14.7. The topological polar surface area (TPSA) is 47.1 Å². The highest BCUT2D eigenvalue weighted by atomic mass is 35.5. The van der Waals surface area contributed by atoms with Crippen molar-refractivity contribution in [1.29, 1.82) is 0 Å². The van der Waals surface area contributed by atoms with Gasteiger partial charge in [0.25, 0.3) is 0 Å². The van der Waals surface area contributed by atoms with E-state index in [0.717, 1.165) is 17.7 Å². The Kier molecular flexibility index (Phi) is 6.13. The van der Waals surface area contributed by atoms with E-state index in [2.05, 4.69) is 16.3 Å². The van der Waals surface area contributed by atoms with E-state index in [1.54, 1.807) is 20.3 Å². The lowest BCUT2D eigenvalue weighted by molar-refractivity contribution is 0.393. The summed E-state index contributed by atoms with van der Waals surface area (Å²) in [5.41, 5.74) is 3.14. The molecule has 25 heavy (non-hydrogen) atoms. The van der Waals surface area contributed by atoms with Crippen LogP contribution in [-0.4, -0.2) is 24.4 Å². The first-order valence-electron chi connectivity index (χ1n) is 8.77. The molecule has 4 nitrogen and oxygen atoms in total. The number of aromatic amines is 1. The van der Waals surface area contributed by atoms with Gasteiger partial charge in [-0.2, -0.15) is 5.10 Å². The summed E-state index contributed by atoms with van der Waals surface area (Å²) >= 11 is 12.9. The Balaban J connectivity index is 1.74. The van der Waals surface area contributed by atoms with Crippen LogP contribution in [0.3, 0.4) is 0 Å². The third-order valence-corrected chi connectivity index (χ3v) is 5.81. The van der Waals surface area contributed by atoms with Crippen LogP contribution in [-0.2, 0) is 12.8 Å². The second-order valence-electron chi connectivity index (χ2n) is 6.54. The Morgan fingerprint density at radius 3 is 2.24 bits per heavy atom. The highest BCUT2D eigenvalue weighted by Crippen LogP contribution is 2.41. The van der Waals surface area contributed by atoms with Gasteiger partial charge in [0, 0.05) is 17.7 Å². The maximum Gasteiger partial charge on any atom is 0.141 e. The highest BCUT2D eigenvalue weighted by Gasteiger charge is 2.20. The number of nitrogens with zero attached hydrogens (tertiary/aromatic N) is 1. The fourth-order valence-corrected chi connectivity index (χ4v) is 4.22. The number of rotatable bonds is 6. The number of ether oxygens (including phenoxy) is 2. The van der Waals surface area contributed by atoms with Crippen molar-refractivity contribution in [3.8, 4) is 11.5 Å². The molecule has 1 aromatic heterocycles. The first-order chi connectivity index (χ1) is 12.1. The summed E-state index contributed by atoms with van der Waals surface area (Å²) < 4.78 is 10.7. The number of hydrogen-bond donors (Lipinski definition) is 1. The SMILES string of the molecule is COc1cc(OC)c(Cl)c(CCc2cc(C3CCCCC3)n[nH]2)c1Cl. The summed E-state index contributed by atoms with van der Waals surface area (Å²) in [6.07, 6.45) is 7.93. The van der Waals surface area contributed by atoms with E-state index in [4.69, 9.17) is 32.7 Å². The Bertz CT molecular complexity index is 696. The third kappa shape index (κ3) is 4.06. The molecule has 2 aromatic rings. The van der Waals surface area contributed by atoms with Crippen LogP contribution in [0.15, 0.2) is 12.1 Å². The van der Waals surface area contributed by atoms with E-state index in [1.165, 1.54) is 37.8 Å². The van der Waals surface area contributed by atoms with Crippen LogP contribution < -0.4 is 9.47 Å². The van der Waals surface area contributed by atoms with Crippen molar-refractivity contribution < 1.29 is 9.47 Å². The lowest BCUT2D eigenvalue weighted by Gasteiger charge is -2.19. The van der Waals surface area contributed by atoms with E-state index in [-0.39, 0.29) is 0 Å². The predicted molar refractivity (Wildman–Crippen MR) is 101 cm³/mol. The number of aryl methyl sites for hydroxylation is 1. The molecule has 1 saturated carbocycles. The Morgan fingerprint density at radius 1 is 1.00 bits per heavy atom. The molecule has 6 heteroatoms. The van der Waals surface area contributed by atoms with Gasteiger partial charge >= 0.3 is 0 Å². The van der Waals surface area contributed by atoms with Crippen LogP contribution in [0.1, 0.15) is 55.0 Å². The molecule has 0 unspecified atom stereocenters. The summed E-state index contributed by atoms with van der Waals surface area (Å²) in [5, 5.41) is 8.78. The summed E-state index contributed by atoms with van der Waals surface area (Å²) in [6, 6.07) is 3.90. The van der Waals surface area contributed by atoms with E-state index < -0.39 is 0 Å². The van der Waals surface area contributed by atoms with Crippen molar-refractivity contribution in [2.45, 2.75) is 50.9 Å². The average Bonchev–Trinajstić information content (AvgIpc) is 3.12. The molecule has 1 N–H and O–H groups in total. The second kappa shape index (κ2) is 8.33. The van der Waals surface area contributed by atoms with Crippen LogP contribution in [0, 0.1) is 0 Å². The van der Waals surface area contributed by atoms with Crippen LogP contribution in [0.2, 0.25) is 10.0 Å². The molecule has 0 atom stereocenters. The summed E-state index contributed by atoms with van der Waals surface area (Å²) in [5.74, 6) is 1.75. The molecule has 1 aliphatic rings. The molecule has 1 aromatic carbocycles. The lowest BCUT2D eigenvalue weighted by atomic mass is 9.87. The zero-order chi connectivity index (χ0) is 17.8. The summed E-state index contributed by atoms with van der Waals surface area (Å²) in [6.45, 7) is 0. The Morgan fingerprint density at radius 2 is 1.64 bits per heavy atom. The Hall–Kier alpha value is -1.39. The number of hydrogen-bond acceptors (Lipinski definition) is 3. The summed E-state index contributed by atoms with van der Waals surface area (Å²) in [7, 11) is 3.17. The monoisotopic (exact) mass is 382 g/mol. The smallest absolute Gasteiger partial charge is 0.141 e. The molecule has 1 aliphatic carbocycles. The lowest BCUT2D eigenvalue weighted by Crippen LogP contribution is -2.04. The number of nitrogens with one attached hydrogen (secondary N) is 1. The van der Waals surface area contributed by atoms with E-state index >= 15 is 0 Å². The van der Waals surface area contributed by atoms with Gasteiger partial charge in [-0.3, -0.25) is 5.10 Å². The fraction of sp³-hybridized carbons (Fsp3) is 0.526. The van der Waals surface area contributed by atoms with Crippen molar-refractivity contribution in [2.24, 2.45) is 0 Å². The van der Waals surface area contributed by atoms with Gasteiger partial charge in [-0.25, -0.2) is 0 Å². The third-order valence-electron chi connectivity index (χ3n) is 4.98. The molecular weight excluding hydrogens is 359 g/mol. The minimum absolute atomic E-state index is 0.542. The van der Waals surface area contributed by atoms with E-state index in [0.29, 0.717) is 33.9 Å². The molecule has 0 spiro atoms. The highest BCUT2D eigenvalue weighted by molar-refractivity contribution is 6.37. The van der Waals surface area contributed by atoms with Crippen molar-refractivity contribution in [3.05, 3.63) is 39.1 Å². The molecule has 0 aliphatic heterocycles. The minimum atomic E-state index is 0.542. The van der Waals surface area contributed by atoms with Gasteiger partial charge in [-0.15, -0.1) is 0 Å². The zero-order valence-corrected chi connectivity index (χ0v) is 16.2. The van der Waals surface area contributed by atoms with Crippen molar-refractivity contribution in [1.82, 2.24) is 10.2 Å². The Labute approximate surface area is 158 Å². The van der Waals surface area contributed by atoms with Gasteiger partial charge in [0.05, 0.1) is 30.0 Å². The van der Waals surface area contributed by atoms with E-state index in [1.807, 2.05) is 0 Å². The first kappa shape index (κ1) is 18.4. The number of methoxy groups -OCH3 is 2. The average molecular weight is 383 g/mol. The maximum atomic E-state index is 6.45. The number of benzene rings is 1. The molecule has 0 bridgehead atoms. The maximum absolute atomic E-state index is 6.45.